The van der Waals surface area contributed by atoms with Gasteiger partial charge in [-0.3, -0.25) is 0 Å². The van der Waals surface area contributed by atoms with Gasteiger partial charge < -0.3 is 0 Å². The summed E-state index contributed by atoms with van der Waals surface area (Å²) in [5.74, 6) is -2.19. The Kier molecular flexibility index (Phi) is 15.3. The first-order chi connectivity index (χ1) is 14.5. The molecule has 0 unspecified atom stereocenters. The molecule has 0 radical (unpaired) electrons. The fourth-order valence-corrected chi connectivity index (χ4v) is 9.82. The van der Waals surface area contributed by atoms with E-state index in [4.69, 9.17) is 9.22 Å². The molecule has 0 fully saturated rings. The van der Waals surface area contributed by atoms with Gasteiger partial charge in [-0.05, 0) is 0 Å². The molecule has 0 aliphatic carbocycles. The SMILES string of the molecule is C=C(C)C(=O)[O][Sn]([CH2]CCCCCCCCCCC)([O]C(=O)C(=C)C)[O]C(=O)C(=C)C. The number of hydrogen-bond donors (Lipinski definition) is 0. The van der Waals surface area contributed by atoms with Gasteiger partial charge in [0.15, 0.2) is 0 Å². The average molecular weight is 543 g/mol. The molecule has 6 nitrogen and oxygen atoms in total. The van der Waals surface area contributed by atoms with Gasteiger partial charge in [0, 0.05) is 0 Å². The molecule has 7 heteroatoms. The van der Waals surface area contributed by atoms with Crippen molar-refractivity contribution in [2.75, 3.05) is 0 Å². The first kappa shape index (κ1) is 29.4. The van der Waals surface area contributed by atoms with Crippen molar-refractivity contribution in [1.82, 2.24) is 0 Å². The Bertz CT molecular complexity index is 583. The van der Waals surface area contributed by atoms with Crippen molar-refractivity contribution in [3.8, 4) is 0 Å². The van der Waals surface area contributed by atoms with Gasteiger partial charge in [0.2, 0.25) is 0 Å². The summed E-state index contributed by atoms with van der Waals surface area (Å²) in [4.78, 5) is 36.7. The van der Waals surface area contributed by atoms with Crippen LogP contribution in [0, 0.1) is 0 Å². The van der Waals surface area contributed by atoms with Crippen molar-refractivity contribution in [2.24, 2.45) is 0 Å². The fourth-order valence-electron chi connectivity index (χ4n) is 2.73. The van der Waals surface area contributed by atoms with Crippen molar-refractivity contribution in [3.05, 3.63) is 36.5 Å². The van der Waals surface area contributed by atoms with Crippen LogP contribution < -0.4 is 0 Å². The normalized spacial score (nSPS) is 10.8. The Morgan fingerprint density at radius 1 is 0.581 bits per heavy atom. The van der Waals surface area contributed by atoms with Crippen molar-refractivity contribution in [2.45, 2.75) is 96.3 Å². The molecule has 31 heavy (non-hydrogen) atoms. The van der Waals surface area contributed by atoms with E-state index >= 15 is 0 Å². The monoisotopic (exact) mass is 544 g/mol. The van der Waals surface area contributed by atoms with Crippen LogP contribution in [0.3, 0.4) is 0 Å². The van der Waals surface area contributed by atoms with Gasteiger partial charge in [0.1, 0.15) is 0 Å². The summed E-state index contributed by atoms with van der Waals surface area (Å²) in [5, 5.41) is 0. The van der Waals surface area contributed by atoms with Crippen LogP contribution in [0.1, 0.15) is 91.9 Å². The molecule has 0 aliphatic rings. The first-order valence-corrected chi connectivity index (χ1v) is 16.7. The van der Waals surface area contributed by atoms with Crippen LogP contribution in [0.4, 0.5) is 0 Å². The van der Waals surface area contributed by atoms with Crippen LogP contribution in [-0.4, -0.2) is 37.5 Å². The van der Waals surface area contributed by atoms with Gasteiger partial charge >= 0.3 is 194 Å². The number of rotatable bonds is 17. The van der Waals surface area contributed by atoms with Crippen molar-refractivity contribution < 1.29 is 23.6 Å². The van der Waals surface area contributed by atoms with Gasteiger partial charge in [-0.2, -0.15) is 0 Å². The van der Waals surface area contributed by atoms with Crippen molar-refractivity contribution >= 4 is 37.5 Å². The molecule has 0 heterocycles. The standard InChI is InChI=1S/C12H25.3C4H6O2.Sn/c1-3-5-7-9-11-12-10-8-6-4-2;3*1-3(2)4(5)6;/h1,3-12H2,2H3;3*1H2,2H3,(H,5,6);/q;;;;+3/p-3. The van der Waals surface area contributed by atoms with Crippen LogP contribution in [0.25, 0.3) is 0 Å². The second-order valence-corrected chi connectivity index (χ2v) is 15.2. The minimum absolute atomic E-state index is 0.141. The molecular formula is C24H40O6Sn. The van der Waals surface area contributed by atoms with E-state index in [9.17, 15) is 14.4 Å². The summed E-state index contributed by atoms with van der Waals surface area (Å²) in [5.41, 5.74) is 0.422. The molecular weight excluding hydrogens is 503 g/mol. The molecule has 0 aromatic heterocycles. The van der Waals surface area contributed by atoms with Crippen molar-refractivity contribution in [3.63, 3.8) is 0 Å². The van der Waals surface area contributed by atoms with Gasteiger partial charge in [-0.25, -0.2) is 0 Å². The van der Waals surface area contributed by atoms with Crippen LogP contribution in [0.2, 0.25) is 4.44 Å². The average Bonchev–Trinajstić information content (AvgIpc) is 2.68. The zero-order valence-electron chi connectivity index (χ0n) is 19.8. The molecule has 0 spiro atoms. The number of unbranched alkanes of at least 4 members (excludes halogenated alkanes) is 9. The summed E-state index contributed by atoms with van der Waals surface area (Å²) in [6, 6.07) is 0. The van der Waals surface area contributed by atoms with Crippen LogP contribution in [-0.2, 0) is 23.6 Å². The summed E-state index contributed by atoms with van der Waals surface area (Å²) < 4.78 is 16.8. The topological polar surface area (TPSA) is 78.9 Å². The molecule has 0 aliphatic heterocycles. The molecule has 0 saturated heterocycles. The van der Waals surface area contributed by atoms with E-state index in [0.29, 0.717) is 6.42 Å². The maximum atomic E-state index is 12.2. The Hall–Kier alpha value is -1.57. The third-order valence-electron chi connectivity index (χ3n) is 4.63. The Labute approximate surface area is 193 Å². The molecule has 0 amide bonds. The van der Waals surface area contributed by atoms with Gasteiger partial charge in [-0.1, -0.05) is 0 Å². The third kappa shape index (κ3) is 13.4. The Balaban J connectivity index is 5.04. The minimum atomic E-state index is -4.92. The van der Waals surface area contributed by atoms with Crippen LogP contribution in [0.15, 0.2) is 36.5 Å². The second-order valence-electron chi connectivity index (χ2n) is 8.12. The number of hydrogen-bond acceptors (Lipinski definition) is 6. The van der Waals surface area contributed by atoms with Gasteiger partial charge in [0.05, 0.1) is 0 Å². The first-order valence-electron chi connectivity index (χ1n) is 11.2. The van der Waals surface area contributed by atoms with Gasteiger partial charge in [0.25, 0.3) is 0 Å². The third-order valence-corrected chi connectivity index (χ3v) is 11.6. The maximum absolute atomic E-state index is 12.2. The molecule has 0 N–H and O–H groups in total. The zero-order valence-corrected chi connectivity index (χ0v) is 22.7. The summed E-state index contributed by atoms with van der Waals surface area (Å²) >= 11 is -4.92. The summed E-state index contributed by atoms with van der Waals surface area (Å²) in [7, 11) is 0. The van der Waals surface area contributed by atoms with E-state index in [2.05, 4.69) is 26.7 Å². The summed E-state index contributed by atoms with van der Waals surface area (Å²) in [6.07, 6.45) is 11.2. The van der Waals surface area contributed by atoms with Crippen LogP contribution >= 0.6 is 0 Å². The second kappa shape index (κ2) is 16.1. The predicted octanol–water partition coefficient (Wildman–Crippen LogP) is 6.20. The molecule has 0 saturated carbocycles. The quantitative estimate of drug-likeness (QED) is 0.124. The van der Waals surface area contributed by atoms with E-state index in [-0.39, 0.29) is 21.2 Å². The fraction of sp³-hybridized carbons (Fsp3) is 0.625. The number of carbonyl (C=O) groups is 3. The van der Waals surface area contributed by atoms with E-state index in [0.717, 1.165) is 19.3 Å². The molecule has 0 aromatic carbocycles. The Morgan fingerprint density at radius 3 is 1.16 bits per heavy atom. The Morgan fingerprint density at radius 2 is 0.871 bits per heavy atom. The van der Waals surface area contributed by atoms with E-state index in [1.54, 1.807) is 0 Å². The van der Waals surface area contributed by atoms with E-state index < -0.39 is 37.5 Å². The molecule has 0 aromatic rings. The van der Waals surface area contributed by atoms with Crippen molar-refractivity contribution in [1.29, 1.82) is 0 Å². The number of carbonyl (C=O) groups excluding carboxylic acids is 3. The molecule has 0 atom stereocenters. The molecule has 176 valence electrons. The van der Waals surface area contributed by atoms with E-state index in [1.807, 2.05) is 0 Å². The zero-order chi connectivity index (χ0) is 23.9. The van der Waals surface area contributed by atoms with E-state index in [1.165, 1.54) is 59.3 Å². The molecule has 0 rings (SSSR count). The van der Waals surface area contributed by atoms with Gasteiger partial charge in [-0.15, -0.1) is 0 Å². The predicted molar refractivity (Wildman–Crippen MR) is 125 cm³/mol. The molecule has 0 bridgehead atoms. The summed E-state index contributed by atoms with van der Waals surface area (Å²) in [6.45, 7) is 17.4. The van der Waals surface area contributed by atoms with Crippen LogP contribution in [0.5, 0.6) is 0 Å².